The maximum atomic E-state index is 12.0. The molecule has 1 saturated heterocycles. The van der Waals surface area contributed by atoms with E-state index < -0.39 is 0 Å². The maximum absolute atomic E-state index is 12.0. The molecule has 2 N–H and O–H groups in total. The first-order valence-electron chi connectivity index (χ1n) is 6.63. The van der Waals surface area contributed by atoms with Crippen molar-refractivity contribution in [3.05, 3.63) is 24.3 Å². The second-order valence-corrected chi connectivity index (χ2v) is 5.68. The zero-order valence-electron chi connectivity index (χ0n) is 11.1. The Kier molecular flexibility index (Phi) is 5.69. The highest BCUT2D eigenvalue weighted by Gasteiger charge is 2.17. The summed E-state index contributed by atoms with van der Waals surface area (Å²) in [6.45, 7) is 4.40. The van der Waals surface area contributed by atoms with Gasteiger partial charge in [0.1, 0.15) is 0 Å². The van der Waals surface area contributed by atoms with Crippen molar-refractivity contribution in [1.82, 2.24) is 5.32 Å². The number of ether oxygens (including phenoxy) is 1. The van der Waals surface area contributed by atoms with Crippen LogP contribution in [0.25, 0.3) is 0 Å². The first-order chi connectivity index (χ1) is 9.29. The first kappa shape index (κ1) is 14.4. The van der Waals surface area contributed by atoms with E-state index in [1.807, 2.05) is 24.3 Å². The van der Waals surface area contributed by atoms with Crippen molar-refractivity contribution in [3.63, 3.8) is 0 Å². The van der Waals surface area contributed by atoms with E-state index in [2.05, 4.69) is 17.6 Å². The predicted octanol–water partition coefficient (Wildman–Crippen LogP) is 2.12. The van der Waals surface area contributed by atoms with Gasteiger partial charge in [-0.25, -0.2) is 0 Å². The molecule has 1 aromatic rings. The van der Waals surface area contributed by atoms with E-state index in [1.165, 1.54) is 0 Å². The average Bonchev–Trinajstić information content (AvgIpc) is 2.42. The minimum absolute atomic E-state index is 0.0119. The third kappa shape index (κ3) is 4.53. The number of nitrogens with one attached hydrogen (secondary N) is 2. The summed E-state index contributed by atoms with van der Waals surface area (Å²) in [5.41, 5.74) is 0.892. The lowest BCUT2D eigenvalue weighted by Gasteiger charge is -2.23. The second-order valence-electron chi connectivity index (χ2n) is 4.38. The number of hydrogen-bond donors (Lipinski definition) is 2. The molecule has 1 atom stereocenters. The van der Waals surface area contributed by atoms with Crippen molar-refractivity contribution in [2.24, 2.45) is 0 Å². The highest BCUT2D eigenvalue weighted by atomic mass is 32.2. The van der Waals surface area contributed by atoms with E-state index in [9.17, 15) is 4.79 Å². The summed E-state index contributed by atoms with van der Waals surface area (Å²) in [6.07, 6.45) is 0.387. The molecule has 1 aliphatic rings. The Balaban J connectivity index is 1.90. The molecule has 2 rings (SSSR count). The van der Waals surface area contributed by atoms with Gasteiger partial charge in [-0.3, -0.25) is 4.79 Å². The maximum Gasteiger partial charge on any atom is 0.227 e. The molecular weight excluding hydrogens is 260 g/mol. The van der Waals surface area contributed by atoms with Crippen LogP contribution in [0.15, 0.2) is 29.2 Å². The summed E-state index contributed by atoms with van der Waals surface area (Å²) in [5, 5.41) is 6.20. The summed E-state index contributed by atoms with van der Waals surface area (Å²) < 4.78 is 5.54. The SMILES string of the molecule is CCSc1ccccc1NC(=O)CC1CNCCO1. The summed E-state index contributed by atoms with van der Waals surface area (Å²) in [6, 6.07) is 7.90. The summed E-state index contributed by atoms with van der Waals surface area (Å²) >= 11 is 1.73. The third-order valence-electron chi connectivity index (χ3n) is 2.88. The number of carbonyl (C=O) groups is 1. The number of hydrogen-bond acceptors (Lipinski definition) is 4. The van der Waals surface area contributed by atoms with Gasteiger partial charge in [-0.05, 0) is 17.9 Å². The Labute approximate surface area is 118 Å². The Morgan fingerprint density at radius 1 is 1.53 bits per heavy atom. The second kappa shape index (κ2) is 7.53. The van der Waals surface area contributed by atoms with Gasteiger partial charge >= 0.3 is 0 Å². The van der Waals surface area contributed by atoms with E-state index in [4.69, 9.17) is 4.74 Å². The molecule has 1 fully saturated rings. The van der Waals surface area contributed by atoms with Crippen LogP contribution >= 0.6 is 11.8 Å². The monoisotopic (exact) mass is 280 g/mol. The number of benzene rings is 1. The lowest BCUT2D eigenvalue weighted by molar-refractivity contribution is -0.119. The number of morpholine rings is 1. The first-order valence-corrected chi connectivity index (χ1v) is 7.62. The fourth-order valence-corrected chi connectivity index (χ4v) is 2.77. The largest absolute Gasteiger partial charge is 0.375 e. The predicted molar refractivity (Wildman–Crippen MR) is 78.7 cm³/mol. The minimum atomic E-state index is -0.0141. The van der Waals surface area contributed by atoms with Gasteiger partial charge in [-0.1, -0.05) is 19.1 Å². The fraction of sp³-hybridized carbons (Fsp3) is 0.500. The van der Waals surface area contributed by atoms with Gasteiger partial charge in [0.25, 0.3) is 0 Å². The van der Waals surface area contributed by atoms with Crippen molar-refractivity contribution in [1.29, 1.82) is 0 Å². The molecule has 1 amide bonds. The summed E-state index contributed by atoms with van der Waals surface area (Å²) in [4.78, 5) is 13.1. The van der Waals surface area contributed by atoms with Crippen LogP contribution in [0, 0.1) is 0 Å². The Morgan fingerprint density at radius 3 is 3.11 bits per heavy atom. The normalized spacial score (nSPS) is 19.1. The molecule has 0 aliphatic carbocycles. The van der Waals surface area contributed by atoms with Gasteiger partial charge in [0.15, 0.2) is 0 Å². The highest BCUT2D eigenvalue weighted by Crippen LogP contribution is 2.26. The average molecular weight is 280 g/mol. The topological polar surface area (TPSA) is 50.4 Å². The van der Waals surface area contributed by atoms with Crippen LogP contribution in [0.3, 0.4) is 0 Å². The van der Waals surface area contributed by atoms with E-state index in [-0.39, 0.29) is 12.0 Å². The number of thioether (sulfide) groups is 1. The molecule has 19 heavy (non-hydrogen) atoms. The molecule has 0 bridgehead atoms. The van der Waals surface area contributed by atoms with Gasteiger partial charge in [0.05, 0.1) is 24.8 Å². The van der Waals surface area contributed by atoms with Crippen molar-refractivity contribution < 1.29 is 9.53 Å². The molecule has 1 aliphatic heterocycles. The molecule has 0 spiro atoms. The van der Waals surface area contributed by atoms with Gasteiger partial charge in [-0.15, -0.1) is 11.8 Å². The van der Waals surface area contributed by atoms with E-state index in [0.29, 0.717) is 13.0 Å². The van der Waals surface area contributed by atoms with E-state index in [0.717, 1.165) is 29.4 Å². The smallest absolute Gasteiger partial charge is 0.227 e. The molecule has 1 heterocycles. The molecule has 1 aromatic carbocycles. The Morgan fingerprint density at radius 2 is 2.37 bits per heavy atom. The lowest BCUT2D eigenvalue weighted by Crippen LogP contribution is -2.40. The summed E-state index contributed by atoms with van der Waals surface area (Å²) in [7, 11) is 0. The Hall–Kier alpha value is -1.04. The third-order valence-corrected chi connectivity index (χ3v) is 3.83. The van der Waals surface area contributed by atoms with Crippen LogP contribution in [0.1, 0.15) is 13.3 Å². The van der Waals surface area contributed by atoms with Crippen LogP contribution in [-0.4, -0.2) is 37.5 Å². The van der Waals surface area contributed by atoms with Crippen molar-refractivity contribution in [2.45, 2.75) is 24.3 Å². The van der Waals surface area contributed by atoms with Crippen molar-refractivity contribution >= 4 is 23.4 Å². The van der Waals surface area contributed by atoms with E-state index >= 15 is 0 Å². The Bertz CT molecular complexity index is 420. The number of amides is 1. The molecular formula is C14H20N2O2S. The van der Waals surface area contributed by atoms with Crippen LogP contribution in [0.4, 0.5) is 5.69 Å². The molecule has 5 heteroatoms. The minimum Gasteiger partial charge on any atom is -0.375 e. The van der Waals surface area contributed by atoms with Crippen LogP contribution < -0.4 is 10.6 Å². The summed E-state index contributed by atoms with van der Waals surface area (Å²) in [5.74, 6) is 1.00. The van der Waals surface area contributed by atoms with Gasteiger partial charge in [0.2, 0.25) is 5.91 Å². The molecule has 0 radical (unpaired) electrons. The number of carbonyl (C=O) groups excluding carboxylic acids is 1. The molecule has 104 valence electrons. The van der Waals surface area contributed by atoms with E-state index in [1.54, 1.807) is 11.8 Å². The number of anilines is 1. The lowest BCUT2D eigenvalue weighted by atomic mass is 10.2. The molecule has 0 saturated carbocycles. The van der Waals surface area contributed by atoms with Gasteiger partial charge in [-0.2, -0.15) is 0 Å². The van der Waals surface area contributed by atoms with Crippen LogP contribution in [0.2, 0.25) is 0 Å². The highest BCUT2D eigenvalue weighted by molar-refractivity contribution is 7.99. The van der Waals surface area contributed by atoms with Gasteiger partial charge < -0.3 is 15.4 Å². The van der Waals surface area contributed by atoms with Crippen LogP contribution in [-0.2, 0) is 9.53 Å². The number of rotatable bonds is 5. The quantitative estimate of drug-likeness (QED) is 0.811. The zero-order chi connectivity index (χ0) is 13.5. The number of para-hydroxylation sites is 1. The van der Waals surface area contributed by atoms with Gasteiger partial charge in [0, 0.05) is 18.0 Å². The molecule has 0 aromatic heterocycles. The fourth-order valence-electron chi connectivity index (χ4n) is 2.01. The van der Waals surface area contributed by atoms with Crippen LogP contribution in [0.5, 0.6) is 0 Å². The zero-order valence-corrected chi connectivity index (χ0v) is 12.0. The van der Waals surface area contributed by atoms with Crippen molar-refractivity contribution in [3.8, 4) is 0 Å². The van der Waals surface area contributed by atoms with Crippen molar-refractivity contribution in [2.75, 3.05) is 30.8 Å². The standard InChI is InChI=1S/C14H20N2O2S/c1-2-19-13-6-4-3-5-12(13)16-14(17)9-11-10-15-7-8-18-11/h3-6,11,15H,2,7-10H2,1H3,(H,16,17). The molecule has 1 unspecified atom stereocenters. The molecule has 4 nitrogen and oxygen atoms in total.